The van der Waals surface area contributed by atoms with Gasteiger partial charge in [0.25, 0.3) is 0 Å². The maximum absolute atomic E-state index is 9.60. The number of rotatable bonds is 4. The number of hydrogen-bond donors (Lipinski definition) is 1. The fourth-order valence-corrected chi connectivity index (χ4v) is 2.37. The van der Waals surface area contributed by atoms with Crippen molar-refractivity contribution in [1.82, 2.24) is 4.90 Å². The van der Waals surface area contributed by atoms with E-state index < -0.39 is 0 Å². The second-order valence-electron chi connectivity index (χ2n) is 5.06. The molecule has 0 spiro atoms. The Morgan fingerprint density at radius 3 is 2.79 bits per heavy atom. The SMILES string of the molecule is COc1ccc(C=CCN2CCCC(O)CC2)cc1. The van der Waals surface area contributed by atoms with Gasteiger partial charge in [0.1, 0.15) is 5.75 Å². The van der Waals surface area contributed by atoms with E-state index in [1.807, 2.05) is 12.1 Å². The van der Waals surface area contributed by atoms with Gasteiger partial charge in [-0.2, -0.15) is 0 Å². The summed E-state index contributed by atoms with van der Waals surface area (Å²) >= 11 is 0. The zero-order valence-corrected chi connectivity index (χ0v) is 11.6. The average Bonchev–Trinajstić information content (AvgIpc) is 2.65. The summed E-state index contributed by atoms with van der Waals surface area (Å²) in [7, 11) is 1.68. The molecule has 1 heterocycles. The molecule has 3 heteroatoms. The van der Waals surface area contributed by atoms with E-state index in [1.165, 1.54) is 5.56 Å². The molecule has 1 aromatic rings. The highest BCUT2D eigenvalue weighted by Crippen LogP contribution is 2.13. The van der Waals surface area contributed by atoms with E-state index in [0.29, 0.717) is 0 Å². The molecule has 1 atom stereocenters. The van der Waals surface area contributed by atoms with E-state index in [4.69, 9.17) is 4.74 Å². The summed E-state index contributed by atoms with van der Waals surface area (Å²) in [5.41, 5.74) is 1.19. The van der Waals surface area contributed by atoms with Gasteiger partial charge in [-0.15, -0.1) is 0 Å². The minimum Gasteiger partial charge on any atom is -0.497 e. The smallest absolute Gasteiger partial charge is 0.118 e. The highest BCUT2D eigenvalue weighted by atomic mass is 16.5. The summed E-state index contributed by atoms with van der Waals surface area (Å²) in [6, 6.07) is 8.06. The second-order valence-corrected chi connectivity index (χ2v) is 5.06. The molecule has 3 nitrogen and oxygen atoms in total. The maximum Gasteiger partial charge on any atom is 0.118 e. The van der Waals surface area contributed by atoms with Gasteiger partial charge in [0, 0.05) is 13.1 Å². The summed E-state index contributed by atoms with van der Waals surface area (Å²) < 4.78 is 5.14. The number of ether oxygens (including phenoxy) is 1. The van der Waals surface area contributed by atoms with E-state index in [2.05, 4.69) is 29.2 Å². The van der Waals surface area contributed by atoms with Crippen molar-refractivity contribution >= 4 is 6.08 Å². The number of benzene rings is 1. The Morgan fingerprint density at radius 1 is 1.26 bits per heavy atom. The van der Waals surface area contributed by atoms with Crippen LogP contribution in [0.15, 0.2) is 30.3 Å². The summed E-state index contributed by atoms with van der Waals surface area (Å²) in [4.78, 5) is 2.40. The van der Waals surface area contributed by atoms with E-state index in [9.17, 15) is 5.11 Å². The topological polar surface area (TPSA) is 32.7 Å². The molecule has 1 unspecified atom stereocenters. The van der Waals surface area contributed by atoms with Crippen molar-refractivity contribution in [3.05, 3.63) is 35.9 Å². The minimum atomic E-state index is -0.101. The van der Waals surface area contributed by atoms with Gasteiger partial charge in [0.15, 0.2) is 0 Å². The number of likely N-dealkylation sites (tertiary alicyclic amines) is 1. The van der Waals surface area contributed by atoms with Crippen LogP contribution in [0.2, 0.25) is 0 Å². The minimum absolute atomic E-state index is 0.101. The lowest BCUT2D eigenvalue weighted by atomic mass is 10.2. The number of aliphatic hydroxyl groups is 1. The van der Waals surface area contributed by atoms with Crippen molar-refractivity contribution in [3.8, 4) is 5.75 Å². The molecule has 1 saturated heterocycles. The zero-order chi connectivity index (χ0) is 13.5. The van der Waals surface area contributed by atoms with Crippen molar-refractivity contribution < 1.29 is 9.84 Å². The van der Waals surface area contributed by atoms with Gasteiger partial charge in [0.05, 0.1) is 13.2 Å². The third-order valence-electron chi connectivity index (χ3n) is 3.58. The first-order valence-corrected chi connectivity index (χ1v) is 6.99. The van der Waals surface area contributed by atoms with Crippen molar-refractivity contribution in [1.29, 1.82) is 0 Å². The monoisotopic (exact) mass is 261 g/mol. The van der Waals surface area contributed by atoms with Gasteiger partial charge in [-0.1, -0.05) is 24.3 Å². The van der Waals surface area contributed by atoms with E-state index in [1.54, 1.807) is 7.11 Å². The Labute approximate surface area is 115 Å². The van der Waals surface area contributed by atoms with Crippen LogP contribution in [0.5, 0.6) is 5.75 Å². The summed E-state index contributed by atoms with van der Waals surface area (Å²) in [5.74, 6) is 0.888. The van der Waals surface area contributed by atoms with Crippen molar-refractivity contribution in [2.24, 2.45) is 0 Å². The molecule has 1 aliphatic heterocycles. The van der Waals surface area contributed by atoms with E-state index in [0.717, 1.165) is 44.6 Å². The molecule has 0 bridgehead atoms. The molecule has 0 aromatic heterocycles. The van der Waals surface area contributed by atoms with Crippen LogP contribution in [-0.4, -0.2) is 42.9 Å². The van der Waals surface area contributed by atoms with Crippen LogP contribution in [0, 0.1) is 0 Å². The van der Waals surface area contributed by atoms with Crippen LogP contribution in [-0.2, 0) is 0 Å². The number of nitrogens with zero attached hydrogens (tertiary/aromatic N) is 1. The predicted molar refractivity (Wildman–Crippen MR) is 78.3 cm³/mol. The van der Waals surface area contributed by atoms with Gasteiger partial charge < -0.3 is 9.84 Å². The molecule has 1 fully saturated rings. The molecule has 0 amide bonds. The quantitative estimate of drug-likeness (QED) is 0.904. The Kier molecular flexibility index (Phi) is 5.43. The van der Waals surface area contributed by atoms with Crippen LogP contribution in [0.1, 0.15) is 24.8 Å². The largest absolute Gasteiger partial charge is 0.497 e. The van der Waals surface area contributed by atoms with Gasteiger partial charge in [-0.05, 0) is 43.5 Å². The molecular weight excluding hydrogens is 238 g/mol. The molecule has 0 saturated carbocycles. The van der Waals surface area contributed by atoms with Crippen molar-refractivity contribution in [2.45, 2.75) is 25.4 Å². The Bertz CT molecular complexity index is 400. The van der Waals surface area contributed by atoms with Crippen LogP contribution in [0.25, 0.3) is 6.08 Å². The summed E-state index contributed by atoms with van der Waals surface area (Å²) in [6.07, 6.45) is 7.17. The van der Waals surface area contributed by atoms with E-state index >= 15 is 0 Å². The van der Waals surface area contributed by atoms with Gasteiger partial charge in [-0.25, -0.2) is 0 Å². The molecule has 104 valence electrons. The van der Waals surface area contributed by atoms with Gasteiger partial charge in [-0.3, -0.25) is 4.90 Å². The lowest BCUT2D eigenvalue weighted by Crippen LogP contribution is -2.25. The van der Waals surface area contributed by atoms with E-state index in [-0.39, 0.29) is 6.10 Å². The second kappa shape index (κ2) is 7.31. The maximum atomic E-state index is 9.60. The van der Waals surface area contributed by atoms with Crippen LogP contribution in [0.3, 0.4) is 0 Å². The summed E-state index contributed by atoms with van der Waals surface area (Å²) in [5, 5.41) is 9.60. The third kappa shape index (κ3) is 4.69. The van der Waals surface area contributed by atoms with Crippen LogP contribution < -0.4 is 4.74 Å². The number of methoxy groups -OCH3 is 1. The third-order valence-corrected chi connectivity index (χ3v) is 3.58. The predicted octanol–water partition coefficient (Wildman–Crippen LogP) is 2.56. The zero-order valence-electron chi connectivity index (χ0n) is 11.6. The molecule has 1 aromatic carbocycles. The molecule has 19 heavy (non-hydrogen) atoms. The normalized spacial score (nSPS) is 21.5. The van der Waals surface area contributed by atoms with Gasteiger partial charge in [0.2, 0.25) is 0 Å². The van der Waals surface area contributed by atoms with Crippen molar-refractivity contribution in [2.75, 3.05) is 26.7 Å². The number of hydrogen-bond acceptors (Lipinski definition) is 3. The first kappa shape index (κ1) is 14.1. The van der Waals surface area contributed by atoms with Gasteiger partial charge >= 0.3 is 0 Å². The lowest BCUT2D eigenvalue weighted by molar-refractivity contribution is 0.156. The summed E-state index contributed by atoms with van der Waals surface area (Å²) in [6.45, 7) is 3.04. The van der Waals surface area contributed by atoms with Crippen LogP contribution >= 0.6 is 0 Å². The molecule has 1 N–H and O–H groups in total. The van der Waals surface area contributed by atoms with Crippen molar-refractivity contribution in [3.63, 3.8) is 0 Å². The molecule has 0 aliphatic carbocycles. The van der Waals surface area contributed by atoms with Crippen LogP contribution in [0.4, 0.5) is 0 Å². The Balaban J connectivity index is 1.81. The average molecular weight is 261 g/mol. The molecule has 0 radical (unpaired) electrons. The molecular formula is C16H23NO2. The Morgan fingerprint density at radius 2 is 2.05 bits per heavy atom. The highest BCUT2D eigenvalue weighted by Gasteiger charge is 2.13. The molecule has 1 aliphatic rings. The first-order valence-electron chi connectivity index (χ1n) is 6.99. The first-order chi connectivity index (χ1) is 9.28. The fraction of sp³-hybridized carbons (Fsp3) is 0.500. The standard InChI is InChI=1S/C16H23NO2/c1-19-16-8-6-14(7-9-16)4-2-11-17-12-3-5-15(18)10-13-17/h2,4,6-9,15,18H,3,5,10-13H2,1H3. The molecule has 2 rings (SSSR count). The fourth-order valence-electron chi connectivity index (χ4n) is 2.37. The lowest BCUT2D eigenvalue weighted by Gasteiger charge is -2.17. The Hall–Kier alpha value is -1.32. The highest BCUT2D eigenvalue weighted by molar-refractivity contribution is 5.50. The number of aliphatic hydroxyl groups excluding tert-OH is 1.